The van der Waals surface area contributed by atoms with Crippen molar-refractivity contribution in [2.45, 2.75) is 26.5 Å². The van der Waals surface area contributed by atoms with Gasteiger partial charge in [0, 0.05) is 24.2 Å². The predicted octanol–water partition coefficient (Wildman–Crippen LogP) is 0.922. The van der Waals surface area contributed by atoms with Crippen LogP contribution in [0, 0.1) is 6.92 Å². The number of aryl methyl sites for hydroxylation is 1. The minimum absolute atomic E-state index is 0.286. The summed E-state index contributed by atoms with van der Waals surface area (Å²) in [6.45, 7) is 5.12. The highest BCUT2D eigenvalue weighted by molar-refractivity contribution is 7.09. The molecule has 0 aromatic carbocycles. The van der Waals surface area contributed by atoms with Crippen LogP contribution >= 0.6 is 11.3 Å². The second kappa shape index (κ2) is 4.54. The van der Waals surface area contributed by atoms with Gasteiger partial charge < -0.3 is 10.4 Å². The fourth-order valence-electron chi connectivity index (χ4n) is 0.872. The smallest absolute Gasteiger partial charge is 0.107 e. The lowest BCUT2D eigenvalue weighted by Crippen LogP contribution is -2.23. The SMILES string of the molecule is Cc1csc(CNC[C@H](C)O)n1. The number of hydrogen-bond donors (Lipinski definition) is 2. The summed E-state index contributed by atoms with van der Waals surface area (Å²) in [7, 11) is 0. The third-order valence-electron chi connectivity index (χ3n) is 1.38. The van der Waals surface area contributed by atoms with E-state index in [4.69, 9.17) is 5.11 Å². The van der Waals surface area contributed by atoms with Crippen molar-refractivity contribution >= 4 is 11.3 Å². The van der Waals surface area contributed by atoms with E-state index in [2.05, 4.69) is 10.3 Å². The van der Waals surface area contributed by atoms with E-state index in [1.165, 1.54) is 0 Å². The highest BCUT2D eigenvalue weighted by Gasteiger charge is 1.98. The second-order valence-corrected chi connectivity index (χ2v) is 3.81. The molecule has 0 bridgehead atoms. The van der Waals surface area contributed by atoms with Crippen molar-refractivity contribution in [1.29, 1.82) is 0 Å². The first-order valence-corrected chi connectivity index (χ1v) is 4.86. The molecule has 12 heavy (non-hydrogen) atoms. The van der Waals surface area contributed by atoms with Crippen LogP contribution in [0.3, 0.4) is 0 Å². The highest BCUT2D eigenvalue weighted by Crippen LogP contribution is 2.07. The molecule has 0 saturated carbocycles. The van der Waals surface area contributed by atoms with Crippen LogP contribution in [0.4, 0.5) is 0 Å². The Hall–Kier alpha value is -0.450. The zero-order valence-corrected chi connectivity index (χ0v) is 8.19. The van der Waals surface area contributed by atoms with Crippen molar-refractivity contribution in [1.82, 2.24) is 10.3 Å². The average Bonchev–Trinajstić information content (AvgIpc) is 2.35. The molecule has 0 aliphatic rings. The number of nitrogens with one attached hydrogen (secondary N) is 1. The Balaban J connectivity index is 2.24. The zero-order chi connectivity index (χ0) is 8.97. The van der Waals surface area contributed by atoms with Gasteiger partial charge in [0.15, 0.2) is 0 Å². The molecule has 0 radical (unpaired) electrons. The Kier molecular flexibility index (Phi) is 3.65. The topological polar surface area (TPSA) is 45.1 Å². The van der Waals surface area contributed by atoms with Gasteiger partial charge in [0.25, 0.3) is 0 Å². The third kappa shape index (κ3) is 3.30. The van der Waals surface area contributed by atoms with Crippen LogP contribution in [0.25, 0.3) is 0 Å². The van der Waals surface area contributed by atoms with E-state index < -0.39 is 0 Å². The van der Waals surface area contributed by atoms with Crippen LogP contribution in [-0.4, -0.2) is 22.7 Å². The van der Waals surface area contributed by atoms with Crippen LogP contribution in [0.5, 0.6) is 0 Å². The monoisotopic (exact) mass is 186 g/mol. The van der Waals surface area contributed by atoms with E-state index in [-0.39, 0.29) is 6.10 Å². The number of aliphatic hydroxyl groups is 1. The lowest BCUT2D eigenvalue weighted by molar-refractivity contribution is 0.191. The maximum absolute atomic E-state index is 8.96. The molecule has 0 unspecified atom stereocenters. The Morgan fingerprint density at radius 3 is 3.00 bits per heavy atom. The Morgan fingerprint density at radius 1 is 1.75 bits per heavy atom. The molecule has 4 heteroatoms. The van der Waals surface area contributed by atoms with Gasteiger partial charge in [-0.3, -0.25) is 0 Å². The molecule has 0 aliphatic carbocycles. The second-order valence-electron chi connectivity index (χ2n) is 2.86. The Morgan fingerprint density at radius 2 is 2.50 bits per heavy atom. The van der Waals surface area contributed by atoms with Crippen molar-refractivity contribution in [3.63, 3.8) is 0 Å². The Bertz CT molecular complexity index is 235. The van der Waals surface area contributed by atoms with Gasteiger partial charge in [-0.2, -0.15) is 0 Å². The van der Waals surface area contributed by atoms with Crippen molar-refractivity contribution < 1.29 is 5.11 Å². The van der Waals surface area contributed by atoms with Crippen LogP contribution in [0.1, 0.15) is 17.6 Å². The van der Waals surface area contributed by atoms with Crippen LogP contribution < -0.4 is 5.32 Å². The van der Waals surface area contributed by atoms with Crippen LogP contribution in [0.2, 0.25) is 0 Å². The number of aliphatic hydroxyl groups excluding tert-OH is 1. The maximum Gasteiger partial charge on any atom is 0.107 e. The third-order valence-corrected chi connectivity index (χ3v) is 2.35. The van der Waals surface area contributed by atoms with Gasteiger partial charge in [0.05, 0.1) is 6.10 Å². The van der Waals surface area contributed by atoms with E-state index >= 15 is 0 Å². The van der Waals surface area contributed by atoms with Crippen LogP contribution in [0.15, 0.2) is 5.38 Å². The summed E-state index contributed by atoms with van der Waals surface area (Å²) in [6, 6.07) is 0. The molecule has 1 heterocycles. The molecule has 1 aromatic rings. The molecular formula is C8H14N2OS. The highest BCUT2D eigenvalue weighted by atomic mass is 32.1. The average molecular weight is 186 g/mol. The van der Waals surface area contributed by atoms with Gasteiger partial charge in [0.2, 0.25) is 0 Å². The minimum Gasteiger partial charge on any atom is -0.392 e. The van der Waals surface area contributed by atoms with Gasteiger partial charge in [-0.1, -0.05) is 0 Å². The van der Waals surface area contributed by atoms with E-state index in [9.17, 15) is 0 Å². The first kappa shape index (κ1) is 9.64. The molecule has 3 nitrogen and oxygen atoms in total. The Labute approximate surface area is 76.5 Å². The largest absolute Gasteiger partial charge is 0.392 e. The molecule has 1 rings (SSSR count). The standard InChI is InChI=1S/C8H14N2OS/c1-6-5-12-8(10-6)4-9-3-7(2)11/h5,7,9,11H,3-4H2,1-2H3/t7-/m0/s1. The molecule has 1 aromatic heterocycles. The molecular weight excluding hydrogens is 172 g/mol. The summed E-state index contributed by atoms with van der Waals surface area (Å²) in [5.41, 5.74) is 1.06. The number of aromatic nitrogens is 1. The summed E-state index contributed by atoms with van der Waals surface area (Å²) >= 11 is 1.65. The molecule has 1 atom stereocenters. The van der Waals surface area contributed by atoms with Gasteiger partial charge >= 0.3 is 0 Å². The fraction of sp³-hybridized carbons (Fsp3) is 0.625. The first-order chi connectivity index (χ1) is 5.68. The number of hydrogen-bond acceptors (Lipinski definition) is 4. The van der Waals surface area contributed by atoms with Gasteiger partial charge in [-0.25, -0.2) is 4.98 Å². The normalized spacial score (nSPS) is 13.2. The first-order valence-electron chi connectivity index (χ1n) is 3.98. The molecule has 0 fully saturated rings. The lowest BCUT2D eigenvalue weighted by Gasteiger charge is -2.03. The number of thiazole rings is 1. The minimum atomic E-state index is -0.286. The molecule has 0 spiro atoms. The van der Waals surface area contributed by atoms with E-state index in [0.29, 0.717) is 6.54 Å². The van der Waals surface area contributed by atoms with Gasteiger partial charge in [-0.15, -0.1) is 11.3 Å². The van der Waals surface area contributed by atoms with E-state index in [1.807, 2.05) is 12.3 Å². The quantitative estimate of drug-likeness (QED) is 0.735. The summed E-state index contributed by atoms with van der Waals surface area (Å²) in [5.74, 6) is 0. The van der Waals surface area contributed by atoms with Crippen LogP contribution in [-0.2, 0) is 6.54 Å². The maximum atomic E-state index is 8.96. The predicted molar refractivity (Wildman–Crippen MR) is 50.2 cm³/mol. The van der Waals surface area contributed by atoms with E-state index in [0.717, 1.165) is 17.2 Å². The molecule has 68 valence electrons. The lowest BCUT2D eigenvalue weighted by atomic mass is 10.4. The van der Waals surface area contributed by atoms with Crippen molar-refractivity contribution in [2.75, 3.05) is 6.54 Å². The van der Waals surface area contributed by atoms with Gasteiger partial charge in [0.1, 0.15) is 5.01 Å². The number of nitrogens with zero attached hydrogens (tertiary/aromatic N) is 1. The summed E-state index contributed by atoms with van der Waals surface area (Å²) in [6.07, 6.45) is -0.286. The summed E-state index contributed by atoms with van der Waals surface area (Å²) in [5, 5.41) is 15.2. The van der Waals surface area contributed by atoms with E-state index in [1.54, 1.807) is 18.3 Å². The summed E-state index contributed by atoms with van der Waals surface area (Å²) < 4.78 is 0. The summed E-state index contributed by atoms with van der Waals surface area (Å²) in [4.78, 5) is 4.28. The van der Waals surface area contributed by atoms with Crippen molar-refractivity contribution in [2.24, 2.45) is 0 Å². The van der Waals surface area contributed by atoms with Gasteiger partial charge in [-0.05, 0) is 13.8 Å². The van der Waals surface area contributed by atoms with Crippen molar-refractivity contribution in [3.05, 3.63) is 16.1 Å². The molecule has 0 aliphatic heterocycles. The molecule has 0 saturated heterocycles. The molecule has 2 N–H and O–H groups in total. The van der Waals surface area contributed by atoms with Crippen molar-refractivity contribution in [3.8, 4) is 0 Å². The fourth-order valence-corrected chi connectivity index (χ4v) is 1.61. The molecule has 0 amide bonds. The zero-order valence-electron chi connectivity index (χ0n) is 7.37. The number of rotatable bonds is 4.